The average Bonchev–Trinajstić information content (AvgIpc) is 3.54. The van der Waals surface area contributed by atoms with Crippen molar-refractivity contribution in [1.82, 2.24) is 41.1 Å². The molecule has 5 aliphatic rings. The monoisotopic (exact) mass is 490 g/mol. The second-order valence-electron chi connectivity index (χ2n) is 10.1. The summed E-state index contributed by atoms with van der Waals surface area (Å²) in [4.78, 5) is 2.26. The Morgan fingerprint density at radius 2 is 1.94 bits per heavy atom. The maximum atomic E-state index is 13.7. The quantitative estimate of drug-likeness (QED) is 0.276. The molecule has 0 radical (unpaired) electrons. The molecule has 0 aromatic rings. The lowest BCUT2D eigenvalue weighted by Crippen LogP contribution is -2.67. The molecule has 0 spiro atoms. The van der Waals surface area contributed by atoms with Crippen LogP contribution in [-0.2, 0) is 14.8 Å². The Labute approximate surface area is 196 Å². The summed E-state index contributed by atoms with van der Waals surface area (Å²) in [5, 5.41) is 10.3. The predicted octanol–water partition coefficient (Wildman–Crippen LogP) is -2.40. The van der Waals surface area contributed by atoms with Crippen LogP contribution in [0.5, 0.6) is 0 Å². The Bertz CT molecular complexity index is 793. The number of ether oxygens (including phenoxy) is 1. The predicted molar refractivity (Wildman–Crippen MR) is 122 cm³/mol. The molecule has 33 heavy (non-hydrogen) atoms. The lowest BCUT2D eigenvalue weighted by Gasteiger charge is -2.42. The molecule has 5 rings (SSSR count). The van der Waals surface area contributed by atoms with Gasteiger partial charge in [-0.15, -0.1) is 0 Å². The number of nitrogens with one attached hydrogen (secondary N) is 5. The number of likely N-dealkylation sites (tertiary alicyclic amines) is 1. The first-order valence-electron chi connectivity index (χ1n) is 12.2. The van der Waals surface area contributed by atoms with Crippen LogP contribution < -0.4 is 26.2 Å². The van der Waals surface area contributed by atoms with Crippen LogP contribution in [0.4, 0.5) is 4.39 Å². The second-order valence-corrected chi connectivity index (χ2v) is 12.1. The SMILES string of the molecule is COC1NCC2CNN(C)C2C1NS(=O)(=O)C1CNN(C2CC(N3CC[C@@H](F)C3)CCN2)C1. The van der Waals surface area contributed by atoms with E-state index in [1.165, 1.54) is 0 Å². The molecule has 5 heterocycles. The molecule has 0 saturated carbocycles. The number of nitrogens with zero attached hydrogens (tertiary/aromatic N) is 3. The van der Waals surface area contributed by atoms with E-state index in [2.05, 4.69) is 31.1 Å². The molecule has 11 nitrogen and oxygen atoms in total. The number of halogens is 1. The highest BCUT2D eigenvalue weighted by molar-refractivity contribution is 7.90. The lowest BCUT2D eigenvalue weighted by molar-refractivity contribution is -0.0106. The summed E-state index contributed by atoms with van der Waals surface area (Å²) < 4.78 is 49.1. The van der Waals surface area contributed by atoms with Gasteiger partial charge in [-0.1, -0.05) is 0 Å². The topological polar surface area (TPSA) is 113 Å². The van der Waals surface area contributed by atoms with Crippen LogP contribution in [0.2, 0.25) is 0 Å². The maximum absolute atomic E-state index is 13.7. The van der Waals surface area contributed by atoms with Crippen molar-refractivity contribution in [3.05, 3.63) is 0 Å². The van der Waals surface area contributed by atoms with Crippen LogP contribution in [0.25, 0.3) is 0 Å². The van der Waals surface area contributed by atoms with Crippen molar-refractivity contribution >= 4 is 10.0 Å². The number of hydrogen-bond acceptors (Lipinski definition) is 10. The van der Waals surface area contributed by atoms with Crippen molar-refractivity contribution < 1.29 is 17.5 Å². The Hall–Kier alpha value is -0.480. The van der Waals surface area contributed by atoms with E-state index in [4.69, 9.17) is 4.74 Å². The first-order valence-corrected chi connectivity index (χ1v) is 13.8. The third kappa shape index (κ3) is 4.95. The second kappa shape index (κ2) is 9.88. The van der Waals surface area contributed by atoms with E-state index >= 15 is 0 Å². The number of hydrazine groups is 2. The molecule has 0 aromatic heterocycles. The molecule has 190 valence electrons. The van der Waals surface area contributed by atoms with Crippen LogP contribution in [0.1, 0.15) is 19.3 Å². The van der Waals surface area contributed by atoms with Crippen LogP contribution >= 0.6 is 0 Å². The van der Waals surface area contributed by atoms with Crippen LogP contribution in [-0.4, -0.2) is 125 Å². The summed E-state index contributed by atoms with van der Waals surface area (Å²) in [6.07, 6.45) is 1.42. The third-order valence-corrected chi connectivity index (χ3v) is 9.93. The molecule has 13 heteroatoms. The van der Waals surface area contributed by atoms with E-state index in [0.29, 0.717) is 38.0 Å². The summed E-state index contributed by atoms with van der Waals surface area (Å²) in [6.45, 7) is 4.56. The molecule has 5 fully saturated rings. The zero-order valence-corrected chi connectivity index (χ0v) is 20.4. The van der Waals surface area contributed by atoms with Gasteiger partial charge in [0, 0.05) is 71.4 Å². The van der Waals surface area contributed by atoms with Crippen molar-refractivity contribution in [3.8, 4) is 0 Å². The highest BCUT2D eigenvalue weighted by Gasteiger charge is 2.48. The average molecular weight is 491 g/mol. The van der Waals surface area contributed by atoms with Gasteiger partial charge >= 0.3 is 0 Å². The highest BCUT2D eigenvalue weighted by Crippen LogP contribution is 2.27. The molecule has 0 aromatic carbocycles. The Kier molecular flexibility index (Phi) is 7.25. The Morgan fingerprint density at radius 3 is 2.70 bits per heavy atom. The zero-order valence-electron chi connectivity index (χ0n) is 19.5. The van der Waals surface area contributed by atoms with Gasteiger partial charge in [-0.05, 0) is 25.8 Å². The summed E-state index contributed by atoms with van der Waals surface area (Å²) in [7, 11) is -0.0230. The Balaban J connectivity index is 1.21. The molecule has 5 aliphatic heterocycles. The van der Waals surface area contributed by atoms with Crippen LogP contribution in [0, 0.1) is 5.92 Å². The van der Waals surface area contributed by atoms with Gasteiger partial charge in [0.25, 0.3) is 0 Å². The molecule has 7 unspecified atom stereocenters. The molecular formula is C20H39FN8O3S. The van der Waals surface area contributed by atoms with E-state index in [-0.39, 0.29) is 24.5 Å². The number of fused-ring (bicyclic) bond motifs is 1. The number of rotatable bonds is 6. The van der Waals surface area contributed by atoms with Crippen LogP contribution in [0.15, 0.2) is 0 Å². The van der Waals surface area contributed by atoms with E-state index in [0.717, 1.165) is 39.0 Å². The molecule has 0 amide bonds. The smallest absolute Gasteiger partial charge is 0.217 e. The zero-order chi connectivity index (χ0) is 23.2. The van der Waals surface area contributed by atoms with Crippen molar-refractivity contribution in [3.63, 3.8) is 0 Å². The standard InChI is InChI=1S/C20H39FN8O3S/c1-27-19-13(9-24-27)8-23-20(32-2)18(19)26-33(30,31)16-10-25-29(12-16)17-7-15(3-5-22-17)28-6-4-14(21)11-28/h13-20,22-26H,3-12H2,1-2H3/t13?,14-,15?,16?,17?,18?,19?,20?/m1/s1. The number of sulfonamides is 1. The van der Waals surface area contributed by atoms with Crippen LogP contribution in [0.3, 0.4) is 0 Å². The summed E-state index contributed by atoms with van der Waals surface area (Å²) in [5.41, 5.74) is 6.63. The van der Waals surface area contributed by atoms with Gasteiger partial charge < -0.3 is 10.1 Å². The van der Waals surface area contributed by atoms with Gasteiger partial charge in [-0.2, -0.15) is 0 Å². The minimum Gasteiger partial charge on any atom is -0.365 e. The number of likely N-dealkylation sites (N-methyl/N-ethyl adjacent to an activating group) is 1. The molecular weight excluding hydrogens is 451 g/mol. The van der Waals surface area contributed by atoms with Crippen molar-refractivity contribution in [1.29, 1.82) is 0 Å². The van der Waals surface area contributed by atoms with E-state index in [1.54, 1.807) is 7.11 Å². The molecule has 5 N–H and O–H groups in total. The van der Waals surface area contributed by atoms with Gasteiger partial charge in [-0.25, -0.2) is 27.5 Å². The Morgan fingerprint density at radius 1 is 1.09 bits per heavy atom. The fourth-order valence-corrected chi connectivity index (χ4v) is 7.77. The van der Waals surface area contributed by atoms with Gasteiger partial charge in [-0.3, -0.25) is 21.1 Å². The fourth-order valence-electron chi connectivity index (χ4n) is 6.28. The van der Waals surface area contributed by atoms with E-state index in [9.17, 15) is 12.8 Å². The number of piperidine rings is 2. The number of alkyl halides is 1. The van der Waals surface area contributed by atoms with Crippen molar-refractivity contribution in [2.24, 2.45) is 5.92 Å². The molecule has 0 bridgehead atoms. The summed E-state index contributed by atoms with van der Waals surface area (Å²) in [6, 6.07) is -0.0171. The highest BCUT2D eigenvalue weighted by atomic mass is 32.2. The molecule has 0 aliphatic carbocycles. The van der Waals surface area contributed by atoms with E-state index < -0.39 is 21.4 Å². The van der Waals surface area contributed by atoms with Gasteiger partial charge in [0.1, 0.15) is 17.6 Å². The maximum Gasteiger partial charge on any atom is 0.217 e. The molecule has 8 atom stereocenters. The van der Waals surface area contributed by atoms with Crippen molar-refractivity contribution in [2.75, 3.05) is 60.0 Å². The molecule has 5 saturated heterocycles. The lowest BCUT2D eigenvalue weighted by atomic mass is 9.90. The normalized spacial score (nSPS) is 43.8. The van der Waals surface area contributed by atoms with Crippen molar-refractivity contribution in [2.45, 2.75) is 61.2 Å². The fraction of sp³-hybridized carbons (Fsp3) is 1.00. The third-order valence-electron chi connectivity index (χ3n) is 8.13. The van der Waals surface area contributed by atoms with E-state index in [1.807, 2.05) is 17.1 Å². The first-order chi connectivity index (χ1) is 15.9. The number of methoxy groups -OCH3 is 1. The van der Waals surface area contributed by atoms with Gasteiger partial charge in [0.05, 0.1) is 12.2 Å². The van der Waals surface area contributed by atoms with Gasteiger partial charge in [0.15, 0.2) is 0 Å². The summed E-state index contributed by atoms with van der Waals surface area (Å²) >= 11 is 0. The number of hydrogen-bond donors (Lipinski definition) is 5. The minimum atomic E-state index is -3.59. The largest absolute Gasteiger partial charge is 0.365 e. The summed E-state index contributed by atoms with van der Waals surface area (Å²) in [5.74, 6) is 0.310. The first kappa shape index (κ1) is 24.2. The van der Waals surface area contributed by atoms with Gasteiger partial charge in [0.2, 0.25) is 10.0 Å². The minimum absolute atomic E-state index is 0.0250.